The summed E-state index contributed by atoms with van der Waals surface area (Å²) >= 11 is 2.00. The van der Waals surface area contributed by atoms with Crippen molar-refractivity contribution in [2.75, 3.05) is 23.4 Å². The third-order valence-corrected chi connectivity index (χ3v) is 7.86. The molecule has 1 amide bonds. The summed E-state index contributed by atoms with van der Waals surface area (Å²) < 4.78 is 19.4. The van der Waals surface area contributed by atoms with E-state index in [0.717, 1.165) is 0 Å². The Bertz CT molecular complexity index is 1870. The lowest BCUT2D eigenvalue weighted by atomic mass is 10.1. The Balaban J connectivity index is 1.69. The molecule has 39 heavy (non-hydrogen) atoms. The average Bonchev–Trinajstić information content (AvgIpc) is 3.65. The summed E-state index contributed by atoms with van der Waals surface area (Å²) in [4.78, 5) is 55.2. The molecule has 2 fully saturated rings. The van der Waals surface area contributed by atoms with Crippen LogP contribution in [0.25, 0.3) is 16.6 Å². The van der Waals surface area contributed by atoms with Gasteiger partial charge in [0.05, 0.1) is 30.1 Å². The summed E-state index contributed by atoms with van der Waals surface area (Å²) in [5.74, 6) is -0.567. The quantitative estimate of drug-likeness (QED) is 0.324. The van der Waals surface area contributed by atoms with Gasteiger partial charge in [-0.15, -0.1) is 0 Å². The van der Waals surface area contributed by atoms with Crippen molar-refractivity contribution in [2.45, 2.75) is 25.8 Å². The smallest absolute Gasteiger partial charge is 0.336 e. The van der Waals surface area contributed by atoms with E-state index in [-0.39, 0.29) is 46.5 Å². The van der Waals surface area contributed by atoms with Crippen molar-refractivity contribution in [3.05, 3.63) is 88.6 Å². The number of pyridine rings is 1. The van der Waals surface area contributed by atoms with E-state index in [4.69, 9.17) is 0 Å². The highest BCUT2D eigenvalue weighted by Gasteiger charge is 2.32. The van der Waals surface area contributed by atoms with E-state index in [9.17, 15) is 23.6 Å². The molecule has 2 N–H and O–H groups in total. The van der Waals surface area contributed by atoms with Crippen molar-refractivity contribution in [1.29, 1.82) is 0 Å². The summed E-state index contributed by atoms with van der Waals surface area (Å²) in [7, 11) is 1.50. The van der Waals surface area contributed by atoms with Crippen LogP contribution in [0.15, 0.2) is 56.8 Å². The maximum Gasteiger partial charge on any atom is 0.336 e. The van der Waals surface area contributed by atoms with Gasteiger partial charge >= 0.3 is 5.69 Å². The summed E-state index contributed by atoms with van der Waals surface area (Å²) in [5, 5.41) is 6.06. The van der Waals surface area contributed by atoms with E-state index < -0.39 is 22.6 Å². The minimum atomic E-state index is -0.569. The first-order valence-electron chi connectivity index (χ1n) is 12.4. The highest BCUT2D eigenvalue weighted by Crippen LogP contribution is 2.34. The van der Waals surface area contributed by atoms with Gasteiger partial charge in [0, 0.05) is 27.9 Å². The number of aromatic nitrogens is 3. The van der Waals surface area contributed by atoms with Gasteiger partial charge in [-0.2, -0.15) is 0 Å². The van der Waals surface area contributed by atoms with Gasteiger partial charge in [-0.05, 0) is 78.8 Å². The summed E-state index contributed by atoms with van der Waals surface area (Å²) in [6.45, 7) is 2.10. The number of anilines is 3. The molecule has 6 rings (SSSR count). The highest BCUT2D eigenvalue weighted by atomic mass is 127. The molecule has 12 heteroatoms. The lowest BCUT2D eigenvalue weighted by molar-refractivity contribution is -0.116. The predicted octanol–water partition coefficient (Wildman–Crippen LogP) is 2.88. The Morgan fingerprint density at radius 2 is 1.77 bits per heavy atom. The zero-order valence-electron chi connectivity index (χ0n) is 21.1. The molecule has 2 aromatic carbocycles. The molecule has 4 aromatic rings. The van der Waals surface area contributed by atoms with Crippen LogP contribution in [-0.4, -0.2) is 32.8 Å². The summed E-state index contributed by atoms with van der Waals surface area (Å²) in [6.07, 6.45) is 1.35. The number of hydrogen-bond acceptors (Lipinski definition) is 6. The lowest BCUT2D eigenvalue weighted by Gasteiger charge is -2.21. The second-order valence-electron chi connectivity index (χ2n) is 9.76. The molecule has 1 aliphatic carbocycles. The largest absolute Gasteiger partial charge is 0.338 e. The number of nitrogens with one attached hydrogen (secondary N) is 2. The van der Waals surface area contributed by atoms with Gasteiger partial charge in [0.1, 0.15) is 17.0 Å². The first kappa shape index (κ1) is 25.5. The zero-order valence-corrected chi connectivity index (χ0v) is 23.3. The van der Waals surface area contributed by atoms with Crippen molar-refractivity contribution >= 4 is 56.6 Å². The monoisotopic (exact) mass is 642 g/mol. The number of aryl methyl sites for hydroxylation is 1. The van der Waals surface area contributed by atoms with E-state index in [1.807, 2.05) is 22.6 Å². The van der Waals surface area contributed by atoms with Crippen LogP contribution in [0.3, 0.4) is 0 Å². The van der Waals surface area contributed by atoms with Crippen molar-refractivity contribution < 1.29 is 9.18 Å². The predicted molar refractivity (Wildman–Crippen MR) is 155 cm³/mol. The molecule has 2 aromatic heterocycles. The Kier molecular flexibility index (Phi) is 6.18. The van der Waals surface area contributed by atoms with Gasteiger partial charge in [0.2, 0.25) is 5.91 Å². The molecule has 2 aliphatic rings. The number of carbonyl (C=O) groups excluding carboxylic acids is 1. The second kappa shape index (κ2) is 9.45. The maximum absolute atomic E-state index is 14.9. The van der Waals surface area contributed by atoms with Gasteiger partial charge in [0.15, 0.2) is 0 Å². The van der Waals surface area contributed by atoms with Gasteiger partial charge in [-0.3, -0.25) is 38.3 Å². The van der Waals surface area contributed by atoms with Crippen LogP contribution in [0.2, 0.25) is 0 Å². The molecule has 200 valence electrons. The minimum absolute atomic E-state index is 0.0870. The molecular weight excluding hydrogens is 618 g/mol. The molecule has 0 radical (unpaired) electrons. The third-order valence-electron chi connectivity index (χ3n) is 7.19. The molecule has 1 aliphatic heterocycles. The van der Waals surface area contributed by atoms with E-state index in [0.29, 0.717) is 34.5 Å². The topological polar surface area (TPSA) is 110 Å². The van der Waals surface area contributed by atoms with Crippen LogP contribution >= 0.6 is 22.6 Å². The van der Waals surface area contributed by atoms with Gasteiger partial charge in [-0.25, -0.2) is 9.18 Å². The number of hydrogen-bond donors (Lipinski definition) is 2. The number of nitrogens with zero attached hydrogens (tertiary/aromatic N) is 4. The van der Waals surface area contributed by atoms with Gasteiger partial charge < -0.3 is 5.32 Å². The molecule has 1 saturated heterocycles. The molecule has 0 bridgehead atoms. The zero-order chi connectivity index (χ0) is 27.6. The second-order valence-corrected chi connectivity index (χ2v) is 11.0. The highest BCUT2D eigenvalue weighted by molar-refractivity contribution is 14.1. The Hall–Kier alpha value is -3.78. The van der Waals surface area contributed by atoms with Crippen molar-refractivity contribution in [1.82, 2.24) is 19.0 Å². The first-order chi connectivity index (χ1) is 18.7. The standard InChI is InChI=1S/C27H24FIN6O4/c1-14-23-22(24(32(2)25(14)37)31-20-9-6-15(29)10-19(20)28)26(38)35(16-7-8-16)27(39)34(23)18-5-3-4-17(11-18)33-13-30-12-21(33)36/h3-6,9-11,16,30-31H,7-8,12-13H2,1-2H3. The Labute approximate surface area is 234 Å². The van der Waals surface area contributed by atoms with Crippen LogP contribution in [0.5, 0.6) is 0 Å². The summed E-state index contributed by atoms with van der Waals surface area (Å²) in [6, 6.07) is 11.2. The molecule has 0 spiro atoms. The fraction of sp³-hybridized carbons (Fsp3) is 0.259. The van der Waals surface area contributed by atoms with Crippen LogP contribution in [-0.2, 0) is 11.8 Å². The average molecular weight is 642 g/mol. The van der Waals surface area contributed by atoms with E-state index in [1.54, 1.807) is 42.2 Å². The Morgan fingerprint density at radius 1 is 1.03 bits per heavy atom. The third kappa shape index (κ3) is 4.18. The van der Waals surface area contributed by atoms with Crippen LogP contribution in [0.1, 0.15) is 24.4 Å². The fourth-order valence-corrected chi connectivity index (χ4v) is 5.52. The Morgan fingerprint density at radius 3 is 2.44 bits per heavy atom. The van der Waals surface area contributed by atoms with Crippen LogP contribution in [0, 0.1) is 16.3 Å². The summed E-state index contributed by atoms with van der Waals surface area (Å²) in [5.41, 5.74) is -0.150. The van der Waals surface area contributed by atoms with Gasteiger partial charge in [-0.1, -0.05) is 6.07 Å². The SMILES string of the molecule is Cc1c(=O)n(C)c(Nc2ccc(I)cc2F)c2c(=O)n(C3CC3)c(=O)n(-c3cccc(N4CNCC4=O)c3)c12. The van der Waals surface area contributed by atoms with Crippen molar-refractivity contribution in [3.63, 3.8) is 0 Å². The van der Waals surface area contributed by atoms with Gasteiger partial charge in [0.25, 0.3) is 11.1 Å². The normalized spacial score (nSPS) is 15.4. The number of halogens is 2. The number of carbonyl (C=O) groups is 1. The van der Waals surface area contributed by atoms with E-state index in [1.165, 1.54) is 32.9 Å². The molecule has 1 saturated carbocycles. The molecule has 10 nitrogen and oxygen atoms in total. The number of rotatable bonds is 5. The van der Waals surface area contributed by atoms with E-state index in [2.05, 4.69) is 10.6 Å². The van der Waals surface area contributed by atoms with Crippen LogP contribution < -0.4 is 32.3 Å². The molecule has 0 unspecified atom stereocenters. The number of fused-ring (bicyclic) bond motifs is 1. The molecule has 0 atom stereocenters. The van der Waals surface area contributed by atoms with E-state index >= 15 is 0 Å². The molecule has 3 heterocycles. The minimum Gasteiger partial charge on any atom is -0.338 e. The fourth-order valence-electron chi connectivity index (χ4n) is 5.07. The van der Waals surface area contributed by atoms with Crippen molar-refractivity contribution in [2.24, 2.45) is 7.05 Å². The van der Waals surface area contributed by atoms with Crippen LogP contribution in [0.4, 0.5) is 21.6 Å². The lowest BCUT2D eigenvalue weighted by Crippen LogP contribution is -2.41. The maximum atomic E-state index is 14.9. The number of benzene rings is 2. The number of amides is 1. The molecular formula is C27H24FIN6O4. The van der Waals surface area contributed by atoms with Crippen molar-refractivity contribution in [3.8, 4) is 5.69 Å². The first-order valence-corrected chi connectivity index (χ1v) is 13.5.